The van der Waals surface area contributed by atoms with Crippen LogP contribution in [0.4, 0.5) is 0 Å². The number of hydrogen-bond donors (Lipinski definition) is 1. The maximum Gasteiger partial charge on any atom is 0.325 e. The zero-order valence-corrected chi connectivity index (χ0v) is 10.9. The van der Waals surface area contributed by atoms with Gasteiger partial charge in [0.15, 0.2) is 0 Å². The summed E-state index contributed by atoms with van der Waals surface area (Å²) < 4.78 is 10.5. The van der Waals surface area contributed by atoms with E-state index in [0.717, 1.165) is 0 Å². The SMILES string of the molecule is CCOC(=O)CN1C[C@@]23C=C[C@@H](O2)[C@H](C(=O)O)[C@H]3C1=O. The molecule has 3 heterocycles. The summed E-state index contributed by atoms with van der Waals surface area (Å²) in [6.45, 7) is 1.96. The number of esters is 1. The number of carboxylic acid groups (broad SMARTS) is 1. The standard InChI is InChI=1S/C13H15NO6/c1-2-19-8(15)5-14-6-13-4-3-7(20-13)9(12(17)18)10(13)11(14)16/h3-4,7,9-10H,2,5-6H2,1H3,(H,17,18)/t7-,9+,10+,13-/m1/s1. The number of fused-ring (bicyclic) bond motifs is 1. The predicted octanol–water partition coefficient (Wildman–Crippen LogP) is -0.584. The van der Waals surface area contributed by atoms with Crippen molar-refractivity contribution in [1.29, 1.82) is 0 Å². The van der Waals surface area contributed by atoms with Crippen molar-refractivity contribution >= 4 is 17.8 Å². The molecule has 7 heteroatoms. The molecule has 3 aliphatic rings. The van der Waals surface area contributed by atoms with E-state index in [2.05, 4.69) is 0 Å². The van der Waals surface area contributed by atoms with Crippen LogP contribution in [-0.4, -0.2) is 59.3 Å². The van der Waals surface area contributed by atoms with Gasteiger partial charge >= 0.3 is 11.9 Å². The molecule has 3 aliphatic heterocycles. The van der Waals surface area contributed by atoms with E-state index < -0.39 is 35.5 Å². The lowest BCUT2D eigenvalue weighted by atomic mass is 9.77. The van der Waals surface area contributed by atoms with Crippen LogP contribution in [-0.2, 0) is 23.9 Å². The third-order valence-corrected chi connectivity index (χ3v) is 4.09. The van der Waals surface area contributed by atoms with Gasteiger partial charge in [0.2, 0.25) is 5.91 Å². The van der Waals surface area contributed by atoms with Gasteiger partial charge in [0.25, 0.3) is 0 Å². The molecule has 1 spiro atoms. The summed E-state index contributed by atoms with van der Waals surface area (Å²) in [5, 5.41) is 9.27. The van der Waals surface area contributed by atoms with Gasteiger partial charge in [-0.1, -0.05) is 12.2 Å². The van der Waals surface area contributed by atoms with E-state index >= 15 is 0 Å². The van der Waals surface area contributed by atoms with Crippen LogP contribution in [0.3, 0.4) is 0 Å². The van der Waals surface area contributed by atoms with Gasteiger partial charge in [-0.2, -0.15) is 0 Å². The van der Waals surface area contributed by atoms with Crippen molar-refractivity contribution in [2.45, 2.75) is 18.6 Å². The van der Waals surface area contributed by atoms with Gasteiger partial charge in [0, 0.05) is 0 Å². The first kappa shape index (κ1) is 13.1. The third-order valence-electron chi connectivity index (χ3n) is 4.09. The molecular weight excluding hydrogens is 266 g/mol. The molecular formula is C13H15NO6. The molecule has 1 amide bonds. The Morgan fingerprint density at radius 1 is 1.60 bits per heavy atom. The third kappa shape index (κ3) is 1.66. The van der Waals surface area contributed by atoms with Crippen LogP contribution >= 0.6 is 0 Å². The van der Waals surface area contributed by atoms with E-state index in [1.165, 1.54) is 4.90 Å². The van der Waals surface area contributed by atoms with Crippen molar-refractivity contribution in [3.8, 4) is 0 Å². The minimum Gasteiger partial charge on any atom is -0.481 e. The molecule has 4 atom stereocenters. The first-order valence-corrected chi connectivity index (χ1v) is 6.53. The Hall–Kier alpha value is -1.89. The lowest BCUT2D eigenvalue weighted by Crippen LogP contribution is -2.39. The lowest BCUT2D eigenvalue weighted by molar-refractivity contribution is -0.151. The number of amides is 1. The molecule has 108 valence electrons. The van der Waals surface area contributed by atoms with Gasteiger partial charge < -0.3 is 19.5 Å². The molecule has 3 rings (SSSR count). The normalized spacial score (nSPS) is 37.4. The van der Waals surface area contributed by atoms with Crippen LogP contribution in [0.25, 0.3) is 0 Å². The van der Waals surface area contributed by atoms with E-state index in [4.69, 9.17) is 9.47 Å². The summed E-state index contributed by atoms with van der Waals surface area (Å²) in [5.74, 6) is -3.51. The Morgan fingerprint density at radius 2 is 2.35 bits per heavy atom. The van der Waals surface area contributed by atoms with E-state index in [-0.39, 0.29) is 25.6 Å². The Bertz CT molecular complexity index is 515. The maximum absolute atomic E-state index is 12.4. The second kappa shape index (κ2) is 4.31. The fourth-order valence-electron chi connectivity index (χ4n) is 3.36. The number of carboxylic acids is 1. The van der Waals surface area contributed by atoms with Crippen LogP contribution in [0.2, 0.25) is 0 Å². The number of carbonyl (C=O) groups excluding carboxylic acids is 2. The van der Waals surface area contributed by atoms with Crippen molar-refractivity contribution in [1.82, 2.24) is 4.90 Å². The zero-order valence-electron chi connectivity index (χ0n) is 10.9. The molecule has 2 fully saturated rings. The highest BCUT2D eigenvalue weighted by Gasteiger charge is 2.67. The molecule has 2 saturated heterocycles. The lowest BCUT2D eigenvalue weighted by Gasteiger charge is -2.21. The topological polar surface area (TPSA) is 93.1 Å². The second-order valence-corrected chi connectivity index (χ2v) is 5.24. The molecule has 1 N–H and O–H groups in total. The Labute approximate surface area is 115 Å². The highest BCUT2D eigenvalue weighted by molar-refractivity contribution is 5.92. The highest BCUT2D eigenvalue weighted by atomic mass is 16.5. The first-order chi connectivity index (χ1) is 9.48. The van der Waals surface area contributed by atoms with Gasteiger partial charge in [0.1, 0.15) is 18.1 Å². The highest BCUT2D eigenvalue weighted by Crippen LogP contribution is 2.51. The van der Waals surface area contributed by atoms with Crippen molar-refractivity contribution < 1.29 is 29.0 Å². The maximum atomic E-state index is 12.4. The number of carbonyl (C=O) groups is 3. The first-order valence-electron chi connectivity index (χ1n) is 6.53. The van der Waals surface area contributed by atoms with Gasteiger partial charge in [-0.15, -0.1) is 0 Å². The largest absolute Gasteiger partial charge is 0.481 e. The van der Waals surface area contributed by atoms with Crippen molar-refractivity contribution in [2.24, 2.45) is 11.8 Å². The van der Waals surface area contributed by atoms with Crippen molar-refractivity contribution in [3.63, 3.8) is 0 Å². The molecule has 0 saturated carbocycles. The van der Waals surface area contributed by atoms with E-state index in [0.29, 0.717) is 0 Å². The summed E-state index contributed by atoms with van der Waals surface area (Å²) in [7, 11) is 0. The summed E-state index contributed by atoms with van der Waals surface area (Å²) in [4.78, 5) is 36.5. The molecule has 0 aromatic rings. The second-order valence-electron chi connectivity index (χ2n) is 5.24. The molecule has 2 bridgehead atoms. The summed E-state index contributed by atoms with van der Waals surface area (Å²) >= 11 is 0. The number of aliphatic carboxylic acids is 1. The Kier molecular flexibility index (Phi) is 2.82. The van der Waals surface area contributed by atoms with Crippen molar-refractivity contribution in [3.05, 3.63) is 12.2 Å². The van der Waals surface area contributed by atoms with Crippen LogP contribution < -0.4 is 0 Å². The minimum absolute atomic E-state index is 0.168. The van der Waals surface area contributed by atoms with Crippen molar-refractivity contribution in [2.75, 3.05) is 19.7 Å². The van der Waals surface area contributed by atoms with Crippen LogP contribution in [0.5, 0.6) is 0 Å². The zero-order chi connectivity index (χ0) is 14.5. The van der Waals surface area contributed by atoms with Crippen LogP contribution in [0, 0.1) is 11.8 Å². The summed E-state index contributed by atoms with van der Waals surface area (Å²) in [5.41, 5.74) is -0.892. The summed E-state index contributed by atoms with van der Waals surface area (Å²) in [6, 6.07) is 0. The average molecular weight is 281 g/mol. The molecule has 0 aliphatic carbocycles. The van der Waals surface area contributed by atoms with Gasteiger partial charge in [0.05, 0.1) is 25.2 Å². The van der Waals surface area contributed by atoms with Crippen LogP contribution in [0.1, 0.15) is 6.92 Å². The van der Waals surface area contributed by atoms with E-state index in [1.807, 2.05) is 0 Å². The fourth-order valence-corrected chi connectivity index (χ4v) is 3.36. The van der Waals surface area contributed by atoms with Gasteiger partial charge in [-0.05, 0) is 6.92 Å². The quantitative estimate of drug-likeness (QED) is 0.547. The number of nitrogens with zero attached hydrogens (tertiary/aromatic N) is 1. The molecule has 7 nitrogen and oxygen atoms in total. The minimum atomic E-state index is -1.04. The van der Waals surface area contributed by atoms with Gasteiger partial charge in [-0.25, -0.2) is 0 Å². The Balaban J connectivity index is 1.82. The monoisotopic (exact) mass is 281 g/mol. The molecule has 0 aromatic heterocycles. The molecule has 20 heavy (non-hydrogen) atoms. The van der Waals surface area contributed by atoms with Gasteiger partial charge in [-0.3, -0.25) is 14.4 Å². The molecule has 0 unspecified atom stereocenters. The number of rotatable bonds is 4. The molecule has 0 aromatic carbocycles. The van der Waals surface area contributed by atoms with E-state index in [9.17, 15) is 19.5 Å². The smallest absolute Gasteiger partial charge is 0.325 e. The molecule has 0 radical (unpaired) electrons. The summed E-state index contributed by atoms with van der Waals surface area (Å²) in [6.07, 6.45) is 2.90. The predicted molar refractivity (Wildman–Crippen MR) is 64.6 cm³/mol. The number of hydrogen-bond acceptors (Lipinski definition) is 5. The number of ether oxygens (including phenoxy) is 2. The fraction of sp³-hybridized carbons (Fsp3) is 0.615. The number of likely N-dealkylation sites (tertiary alicyclic amines) is 1. The average Bonchev–Trinajstić information content (AvgIpc) is 2.99. The van der Waals surface area contributed by atoms with E-state index in [1.54, 1.807) is 19.1 Å². The Morgan fingerprint density at radius 3 is 3.00 bits per heavy atom. The van der Waals surface area contributed by atoms with Crippen LogP contribution in [0.15, 0.2) is 12.2 Å².